The van der Waals surface area contributed by atoms with E-state index in [9.17, 15) is 14.4 Å². The first kappa shape index (κ1) is 12.8. The van der Waals surface area contributed by atoms with E-state index in [1.807, 2.05) is 0 Å². The van der Waals surface area contributed by atoms with Crippen LogP contribution in [-0.4, -0.2) is 59.6 Å². The fourth-order valence-electron chi connectivity index (χ4n) is 2.45. The molecule has 0 spiro atoms. The van der Waals surface area contributed by atoms with Crippen molar-refractivity contribution in [3.05, 3.63) is 0 Å². The number of nitrogens with one attached hydrogen (secondary N) is 1. The second-order valence-corrected chi connectivity index (χ2v) is 4.60. The summed E-state index contributed by atoms with van der Waals surface area (Å²) in [6, 6.07) is -1.45. The van der Waals surface area contributed by atoms with Crippen LogP contribution in [0, 0.1) is 0 Å². The van der Waals surface area contributed by atoms with Crippen LogP contribution in [0.1, 0.15) is 19.3 Å². The number of carboxylic acids is 1. The number of rotatable bonds is 3. The van der Waals surface area contributed by atoms with E-state index in [-0.39, 0.29) is 30.9 Å². The zero-order chi connectivity index (χ0) is 13.3. The van der Waals surface area contributed by atoms with E-state index in [1.165, 1.54) is 12.0 Å². The number of aliphatic carboxylic acids is 1. The molecule has 0 bridgehead atoms. The minimum atomic E-state index is -1.03. The third-order valence-electron chi connectivity index (χ3n) is 3.46. The number of amides is 2. The molecular formula is C11H16N2O5. The molecule has 7 heteroatoms. The number of methoxy groups -OCH3 is 1. The number of hydrogen-bond acceptors (Lipinski definition) is 4. The van der Waals surface area contributed by atoms with Crippen molar-refractivity contribution < 1.29 is 24.2 Å². The van der Waals surface area contributed by atoms with E-state index in [4.69, 9.17) is 9.84 Å². The molecule has 0 aromatic rings. The third-order valence-corrected chi connectivity index (χ3v) is 3.46. The lowest BCUT2D eigenvalue weighted by Crippen LogP contribution is -2.49. The van der Waals surface area contributed by atoms with Crippen LogP contribution in [0.4, 0.5) is 0 Å². The van der Waals surface area contributed by atoms with Crippen molar-refractivity contribution in [3.8, 4) is 0 Å². The van der Waals surface area contributed by atoms with E-state index in [2.05, 4.69) is 5.32 Å². The van der Waals surface area contributed by atoms with Gasteiger partial charge in [0.25, 0.3) is 0 Å². The molecule has 2 aliphatic rings. The van der Waals surface area contributed by atoms with Crippen molar-refractivity contribution in [1.82, 2.24) is 10.2 Å². The van der Waals surface area contributed by atoms with E-state index in [0.29, 0.717) is 12.8 Å². The maximum absolute atomic E-state index is 12.2. The highest BCUT2D eigenvalue weighted by atomic mass is 16.5. The van der Waals surface area contributed by atoms with Gasteiger partial charge in [0, 0.05) is 26.5 Å². The van der Waals surface area contributed by atoms with Gasteiger partial charge in [0.15, 0.2) is 0 Å². The maximum atomic E-state index is 12.2. The first-order chi connectivity index (χ1) is 8.52. The van der Waals surface area contributed by atoms with Crippen LogP contribution in [0.25, 0.3) is 0 Å². The molecule has 7 nitrogen and oxygen atoms in total. The Morgan fingerprint density at radius 2 is 2.22 bits per heavy atom. The van der Waals surface area contributed by atoms with Gasteiger partial charge in [0.2, 0.25) is 11.8 Å². The minimum absolute atomic E-state index is 0.164. The molecule has 3 atom stereocenters. The zero-order valence-corrected chi connectivity index (χ0v) is 10.1. The quantitative estimate of drug-likeness (QED) is 0.673. The van der Waals surface area contributed by atoms with Gasteiger partial charge in [-0.25, -0.2) is 4.79 Å². The van der Waals surface area contributed by atoms with Crippen molar-refractivity contribution in [2.75, 3.05) is 13.7 Å². The molecule has 0 aromatic carbocycles. The molecule has 2 aliphatic heterocycles. The standard InChI is InChI=1S/C11H16N2O5/c1-18-6-4-8(11(16)17)13(5-6)10(15)7-2-3-9(14)12-7/h6-8H,2-5H2,1H3,(H,12,14)(H,16,17)/t6?,7-,8?/m0/s1. The van der Waals surface area contributed by atoms with Gasteiger partial charge in [-0.2, -0.15) is 0 Å². The highest BCUT2D eigenvalue weighted by Crippen LogP contribution is 2.23. The normalized spacial score (nSPS) is 31.5. The molecule has 0 saturated carbocycles. The molecular weight excluding hydrogens is 240 g/mol. The van der Waals surface area contributed by atoms with Crippen molar-refractivity contribution in [3.63, 3.8) is 0 Å². The molecule has 2 heterocycles. The Bertz CT molecular complexity index is 384. The van der Waals surface area contributed by atoms with E-state index >= 15 is 0 Å². The van der Waals surface area contributed by atoms with Crippen LogP contribution in [0.3, 0.4) is 0 Å². The van der Waals surface area contributed by atoms with Gasteiger partial charge in [0.1, 0.15) is 12.1 Å². The molecule has 2 N–H and O–H groups in total. The summed E-state index contributed by atoms with van der Waals surface area (Å²) in [5.41, 5.74) is 0. The number of carboxylic acid groups (broad SMARTS) is 1. The summed E-state index contributed by atoms with van der Waals surface area (Å²) in [7, 11) is 1.49. The number of carbonyl (C=O) groups excluding carboxylic acids is 2. The molecule has 0 radical (unpaired) electrons. The van der Waals surface area contributed by atoms with Crippen LogP contribution in [0.15, 0.2) is 0 Å². The lowest BCUT2D eigenvalue weighted by molar-refractivity contribution is -0.149. The molecule has 0 aromatic heterocycles. The molecule has 2 fully saturated rings. The average molecular weight is 256 g/mol. The van der Waals surface area contributed by atoms with Gasteiger partial charge >= 0.3 is 5.97 Å². The Morgan fingerprint density at radius 3 is 2.72 bits per heavy atom. The maximum Gasteiger partial charge on any atom is 0.326 e. The van der Waals surface area contributed by atoms with E-state index < -0.39 is 18.1 Å². The summed E-state index contributed by atoms with van der Waals surface area (Å²) in [6.45, 7) is 0.263. The van der Waals surface area contributed by atoms with Gasteiger partial charge < -0.3 is 20.1 Å². The Labute approximate surface area is 104 Å². The third kappa shape index (κ3) is 2.31. The number of likely N-dealkylation sites (tertiary alicyclic amines) is 1. The number of hydrogen-bond donors (Lipinski definition) is 2. The van der Waals surface area contributed by atoms with Crippen LogP contribution in [0.2, 0.25) is 0 Å². The zero-order valence-electron chi connectivity index (χ0n) is 10.1. The molecule has 2 unspecified atom stereocenters. The first-order valence-corrected chi connectivity index (χ1v) is 5.88. The van der Waals surface area contributed by atoms with Gasteiger partial charge in [-0.05, 0) is 6.42 Å². The highest BCUT2D eigenvalue weighted by Gasteiger charge is 2.43. The summed E-state index contributed by atoms with van der Waals surface area (Å²) in [5.74, 6) is -1.53. The summed E-state index contributed by atoms with van der Waals surface area (Å²) in [6.07, 6.45) is 0.777. The van der Waals surface area contributed by atoms with Gasteiger partial charge in [-0.1, -0.05) is 0 Å². The van der Waals surface area contributed by atoms with Gasteiger partial charge in [-0.15, -0.1) is 0 Å². The lowest BCUT2D eigenvalue weighted by atomic mass is 10.1. The van der Waals surface area contributed by atoms with E-state index in [1.54, 1.807) is 0 Å². The predicted molar refractivity (Wildman–Crippen MR) is 59.7 cm³/mol. The molecule has 2 rings (SSSR count). The van der Waals surface area contributed by atoms with Crippen molar-refractivity contribution >= 4 is 17.8 Å². The molecule has 0 aliphatic carbocycles. The van der Waals surface area contributed by atoms with Crippen LogP contribution in [0.5, 0.6) is 0 Å². The smallest absolute Gasteiger partial charge is 0.326 e. The van der Waals surface area contributed by atoms with Gasteiger partial charge in [0.05, 0.1) is 6.10 Å². The van der Waals surface area contributed by atoms with E-state index in [0.717, 1.165) is 0 Å². The van der Waals surface area contributed by atoms with Crippen LogP contribution < -0.4 is 5.32 Å². The Hall–Kier alpha value is -1.63. The Balaban J connectivity index is 2.08. The first-order valence-electron chi connectivity index (χ1n) is 5.88. The number of nitrogens with zero attached hydrogens (tertiary/aromatic N) is 1. The Kier molecular flexibility index (Phi) is 3.51. The average Bonchev–Trinajstić information content (AvgIpc) is 2.93. The summed E-state index contributed by atoms with van der Waals surface area (Å²) >= 11 is 0. The fraction of sp³-hybridized carbons (Fsp3) is 0.727. The molecule has 2 amide bonds. The second kappa shape index (κ2) is 4.93. The Morgan fingerprint density at radius 1 is 1.50 bits per heavy atom. The summed E-state index contributed by atoms with van der Waals surface area (Å²) in [5, 5.41) is 11.7. The monoisotopic (exact) mass is 256 g/mol. The molecule has 18 heavy (non-hydrogen) atoms. The van der Waals surface area contributed by atoms with Crippen molar-refractivity contribution in [1.29, 1.82) is 0 Å². The number of carbonyl (C=O) groups is 3. The predicted octanol–water partition coefficient (Wildman–Crippen LogP) is -1.03. The summed E-state index contributed by atoms with van der Waals surface area (Å²) in [4.78, 5) is 35.7. The SMILES string of the molecule is COC1CC(C(=O)O)N(C(=O)[C@@H]2CCC(=O)N2)C1. The number of ether oxygens (including phenoxy) is 1. The van der Waals surface area contributed by atoms with Gasteiger partial charge in [-0.3, -0.25) is 9.59 Å². The topological polar surface area (TPSA) is 95.9 Å². The van der Waals surface area contributed by atoms with Crippen molar-refractivity contribution in [2.24, 2.45) is 0 Å². The largest absolute Gasteiger partial charge is 0.480 e. The molecule has 100 valence electrons. The minimum Gasteiger partial charge on any atom is -0.480 e. The summed E-state index contributed by atoms with van der Waals surface area (Å²) < 4.78 is 5.11. The highest BCUT2D eigenvalue weighted by molar-refractivity contribution is 5.93. The van der Waals surface area contributed by atoms with Crippen LogP contribution >= 0.6 is 0 Å². The van der Waals surface area contributed by atoms with Crippen LogP contribution in [-0.2, 0) is 19.1 Å². The molecule has 2 saturated heterocycles. The lowest BCUT2D eigenvalue weighted by Gasteiger charge is -2.24. The second-order valence-electron chi connectivity index (χ2n) is 4.60. The van der Waals surface area contributed by atoms with Crippen molar-refractivity contribution in [2.45, 2.75) is 37.5 Å². The fourth-order valence-corrected chi connectivity index (χ4v) is 2.45.